The Hall–Kier alpha value is -1.07. The Bertz CT molecular complexity index is 438. The molecule has 0 aliphatic carbocycles. The topological polar surface area (TPSA) is 53.1 Å². The number of hydrogen-bond donors (Lipinski definition) is 2. The Labute approximate surface area is 126 Å². The lowest BCUT2D eigenvalue weighted by molar-refractivity contribution is 0.234. The van der Waals surface area contributed by atoms with Crippen LogP contribution in [0, 0.1) is 5.92 Å². The fourth-order valence-electron chi connectivity index (χ4n) is 2.77. The van der Waals surface area contributed by atoms with Crippen molar-refractivity contribution in [3.63, 3.8) is 0 Å². The van der Waals surface area contributed by atoms with Crippen molar-refractivity contribution in [1.29, 1.82) is 0 Å². The third kappa shape index (κ3) is 3.73. The summed E-state index contributed by atoms with van der Waals surface area (Å²) in [5, 5.41) is 6.91. The van der Waals surface area contributed by atoms with Crippen LogP contribution in [0.2, 0.25) is 5.15 Å². The minimum Gasteiger partial charge on any atom is -0.383 e. The molecule has 6 heteroatoms. The highest BCUT2D eigenvalue weighted by Gasteiger charge is 2.25. The van der Waals surface area contributed by atoms with Crippen molar-refractivity contribution in [2.24, 2.45) is 5.92 Å². The van der Waals surface area contributed by atoms with Crippen LogP contribution >= 0.6 is 11.6 Å². The van der Waals surface area contributed by atoms with Crippen LogP contribution in [0.3, 0.4) is 0 Å². The van der Waals surface area contributed by atoms with Gasteiger partial charge in [0.15, 0.2) is 11.0 Å². The maximum Gasteiger partial charge on any atom is 0.157 e. The second kappa shape index (κ2) is 7.09. The van der Waals surface area contributed by atoms with E-state index < -0.39 is 0 Å². The molecule has 1 aliphatic heterocycles. The highest BCUT2D eigenvalue weighted by atomic mass is 35.5. The third-order valence-corrected chi connectivity index (χ3v) is 3.94. The molecule has 1 aromatic rings. The SMILES string of the molecule is CNc1c(Cl)ncnc1NC[C@H]1CCCN1CC(C)C. The molecule has 112 valence electrons. The van der Waals surface area contributed by atoms with E-state index >= 15 is 0 Å². The first-order chi connectivity index (χ1) is 9.61. The average Bonchev–Trinajstić information content (AvgIpc) is 2.83. The Morgan fingerprint density at radius 2 is 2.25 bits per heavy atom. The molecular weight excluding hydrogens is 274 g/mol. The van der Waals surface area contributed by atoms with Gasteiger partial charge in [-0.15, -0.1) is 0 Å². The van der Waals surface area contributed by atoms with Gasteiger partial charge in [-0.05, 0) is 25.3 Å². The molecule has 1 atom stereocenters. The molecule has 1 aromatic heterocycles. The van der Waals surface area contributed by atoms with Crippen molar-refractivity contribution in [1.82, 2.24) is 14.9 Å². The second-order valence-electron chi connectivity index (χ2n) is 5.70. The smallest absolute Gasteiger partial charge is 0.157 e. The number of halogens is 1. The van der Waals surface area contributed by atoms with Crippen molar-refractivity contribution in [2.75, 3.05) is 37.3 Å². The molecule has 2 N–H and O–H groups in total. The molecule has 0 radical (unpaired) electrons. The van der Waals surface area contributed by atoms with Gasteiger partial charge in [0.25, 0.3) is 0 Å². The number of aromatic nitrogens is 2. The summed E-state index contributed by atoms with van der Waals surface area (Å²) in [6.45, 7) is 7.80. The van der Waals surface area contributed by atoms with Crippen molar-refractivity contribution in [3.05, 3.63) is 11.5 Å². The van der Waals surface area contributed by atoms with E-state index in [1.807, 2.05) is 7.05 Å². The van der Waals surface area contributed by atoms with E-state index in [1.165, 1.54) is 25.7 Å². The van der Waals surface area contributed by atoms with Crippen LogP contribution in [-0.4, -0.2) is 47.6 Å². The van der Waals surface area contributed by atoms with Gasteiger partial charge in [-0.1, -0.05) is 25.4 Å². The number of likely N-dealkylation sites (tertiary alicyclic amines) is 1. The summed E-state index contributed by atoms with van der Waals surface area (Å²) >= 11 is 6.06. The number of nitrogens with one attached hydrogen (secondary N) is 2. The molecule has 0 aromatic carbocycles. The standard InChI is InChI=1S/C14H24ClN5/c1-10(2)8-20-6-4-5-11(20)7-17-14-12(16-3)13(15)18-9-19-14/h9-11,16H,4-8H2,1-3H3,(H,17,18,19)/t11-/m1/s1. The van der Waals surface area contributed by atoms with E-state index in [9.17, 15) is 0 Å². The first-order valence-electron chi connectivity index (χ1n) is 7.28. The van der Waals surface area contributed by atoms with Gasteiger partial charge in [-0.2, -0.15) is 0 Å². The first-order valence-corrected chi connectivity index (χ1v) is 7.65. The molecule has 0 amide bonds. The van der Waals surface area contributed by atoms with E-state index in [2.05, 4.69) is 39.3 Å². The Balaban J connectivity index is 1.96. The summed E-state index contributed by atoms with van der Waals surface area (Å²) in [5.74, 6) is 1.49. The van der Waals surface area contributed by atoms with Crippen molar-refractivity contribution in [3.8, 4) is 0 Å². The van der Waals surface area contributed by atoms with E-state index in [-0.39, 0.29) is 0 Å². The lowest BCUT2D eigenvalue weighted by Crippen LogP contribution is -2.37. The third-order valence-electron chi connectivity index (χ3n) is 3.65. The van der Waals surface area contributed by atoms with Gasteiger partial charge in [-0.25, -0.2) is 9.97 Å². The van der Waals surface area contributed by atoms with Gasteiger partial charge >= 0.3 is 0 Å². The Morgan fingerprint density at radius 3 is 2.95 bits per heavy atom. The van der Waals surface area contributed by atoms with Crippen molar-refractivity contribution < 1.29 is 0 Å². The normalized spacial score (nSPS) is 19.6. The van der Waals surface area contributed by atoms with Crippen LogP contribution in [0.4, 0.5) is 11.5 Å². The van der Waals surface area contributed by atoms with E-state index in [0.29, 0.717) is 17.1 Å². The van der Waals surface area contributed by atoms with Gasteiger partial charge in [0.05, 0.1) is 0 Å². The Morgan fingerprint density at radius 1 is 1.45 bits per heavy atom. The van der Waals surface area contributed by atoms with Gasteiger partial charge < -0.3 is 10.6 Å². The molecule has 1 aliphatic rings. The van der Waals surface area contributed by atoms with Crippen LogP contribution in [-0.2, 0) is 0 Å². The molecule has 0 bridgehead atoms. The van der Waals surface area contributed by atoms with Crippen LogP contribution in [0.5, 0.6) is 0 Å². The van der Waals surface area contributed by atoms with Crippen molar-refractivity contribution in [2.45, 2.75) is 32.7 Å². The number of hydrogen-bond acceptors (Lipinski definition) is 5. The fraction of sp³-hybridized carbons (Fsp3) is 0.714. The first kappa shape index (κ1) is 15.3. The number of nitrogens with zero attached hydrogens (tertiary/aromatic N) is 3. The van der Waals surface area contributed by atoms with E-state index in [4.69, 9.17) is 11.6 Å². The minimum atomic E-state index is 0.454. The largest absolute Gasteiger partial charge is 0.383 e. The number of anilines is 2. The molecular formula is C14H24ClN5. The molecule has 2 heterocycles. The summed E-state index contributed by atoms with van der Waals surface area (Å²) in [4.78, 5) is 10.8. The number of rotatable bonds is 6. The zero-order valence-electron chi connectivity index (χ0n) is 12.5. The fourth-order valence-corrected chi connectivity index (χ4v) is 3.00. The summed E-state index contributed by atoms with van der Waals surface area (Å²) < 4.78 is 0. The predicted molar refractivity (Wildman–Crippen MR) is 84.5 cm³/mol. The van der Waals surface area contributed by atoms with E-state index in [0.717, 1.165) is 24.6 Å². The maximum absolute atomic E-state index is 6.06. The summed E-state index contributed by atoms with van der Waals surface area (Å²) in [6, 6.07) is 0.579. The molecule has 2 rings (SSSR count). The quantitative estimate of drug-likeness (QED) is 0.791. The van der Waals surface area contributed by atoms with Crippen LogP contribution < -0.4 is 10.6 Å². The monoisotopic (exact) mass is 297 g/mol. The lowest BCUT2D eigenvalue weighted by Gasteiger charge is -2.26. The molecule has 0 spiro atoms. The molecule has 1 fully saturated rings. The van der Waals surface area contributed by atoms with Crippen LogP contribution in [0.1, 0.15) is 26.7 Å². The molecule has 1 saturated heterocycles. The zero-order valence-corrected chi connectivity index (χ0v) is 13.2. The highest BCUT2D eigenvalue weighted by Crippen LogP contribution is 2.26. The molecule has 5 nitrogen and oxygen atoms in total. The second-order valence-corrected chi connectivity index (χ2v) is 6.06. The van der Waals surface area contributed by atoms with E-state index in [1.54, 1.807) is 0 Å². The van der Waals surface area contributed by atoms with Crippen LogP contribution in [0.15, 0.2) is 6.33 Å². The maximum atomic E-state index is 6.06. The van der Waals surface area contributed by atoms with Crippen LogP contribution in [0.25, 0.3) is 0 Å². The summed E-state index contributed by atoms with van der Waals surface area (Å²) in [7, 11) is 1.83. The van der Waals surface area contributed by atoms with Gasteiger partial charge in [0.1, 0.15) is 12.0 Å². The summed E-state index contributed by atoms with van der Waals surface area (Å²) in [5.41, 5.74) is 0.766. The highest BCUT2D eigenvalue weighted by molar-refractivity contribution is 6.32. The lowest BCUT2D eigenvalue weighted by atomic mass is 10.1. The van der Waals surface area contributed by atoms with Crippen molar-refractivity contribution >= 4 is 23.1 Å². The average molecular weight is 298 g/mol. The summed E-state index contributed by atoms with van der Waals surface area (Å²) in [6.07, 6.45) is 4.02. The van der Waals surface area contributed by atoms with Gasteiger partial charge in [0, 0.05) is 26.2 Å². The molecule has 0 saturated carbocycles. The van der Waals surface area contributed by atoms with Gasteiger partial charge in [0.2, 0.25) is 0 Å². The molecule has 0 unspecified atom stereocenters. The minimum absolute atomic E-state index is 0.454. The Kier molecular flexibility index (Phi) is 5.43. The molecule has 20 heavy (non-hydrogen) atoms. The predicted octanol–water partition coefficient (Wildman–Crippen LogP) is 2.70. The zero-order chi connectivity index (χ0) is 14.5. The van der Waals surface area contributed by atoms with Gasteiger partial charge in [-0.3, -0.25) is 4.90 Å².